The van der Waals surface area contributed by atoms with Gasteiger partial charge in [-0.05, 0) is 54.5 Å². The van der Waals surface area contributed by atoms with E-state index in [0.29, 0.717) is 0 Å². The maximum Gasteiger partial charge on any atom is 0.346 e. The number of nitriles is 1. The molecule has 2 N–H and O–H groups in total. The Morgan fingerprint density at radius 3 is 2.56 bits per heavy atom. The molecule has 0 fully saturated rings. The molecule has 0 radical (unpaired) electrons. The van der Waals surface area contributed by atoms with Crippen LogP contribution in [0, 0.1) is 11.3 Å². The number of aromatic hydroxyl groups is 1. The highest BCUT2D eigenvalue weighted by Gasteiger charge is 2.17. The zero-order chi connectivity index (χ0) is 13.1. The SMILES string of the molecule is N#C/C(=C/c1ccc(O)c2c1CCCC2)C(=O)O. The van der Waals surface area contributed by atoms with Crippen molar-refractivity contribution in [3.05, 3.63) is 34.4 Å². The second-order valence-corrected chi connectivity index (χ2v) is 4.31. The minimum Gasteiger partial charge on any atom is -0.508 e. The van der Waals surface area contributed by atoms with Gasteiger partial charge in [0.25, 0.3) is 0 Å². The van der Waals surface area contributed by atoms with Gasteiger partial charge in [-0.15, -0.1) is 0 Å². The van der Waals surface area contributed by atoms with Crippen LogP contribution in [0.25, 0.3) is 6.08 Å². The highest BCUT2D eigenvalue weighted by atomic mass is 16.4. The summed E-state index contributed by atoms with van der Waals surface area (Å²) in [6.45, 7) is 0. The molecule has 4 heteroatoms. The second-order valence-electron chi connectivity index (χ2n) is 4.31. The van der Waals surface area contributed by atoms with Gasteiger partial charge in [-0.3, -0.25) is 0 Å². The Morgan fingerprint density at radius 2 is 1.94 bits per heavy atom. The number of carboxylic acid groups (broad SMARTS) is 1. The highest BCUT2D eigenvalue weighted by Crippen LogP contribution is 2.32. The molecule has 0 unspecified atom stereocenters. The van der Waals surface area contributed by atoms with Crippen LogP contribution in [-0.4, -0.2) is 16.2 Å². The first-order valence-corrected chi connectivity index (χ1v) is 5.82. The Balaban J connectivity index is 2.53. The van der Waals surface area contributed by atoms with Crippen LogP contribution < -0.4 is 0 Å². The van der Waals surface area contributed by atoms with Crippen molar-refractivity contribution in [3.63, 3.8) is 0 Å². The Labute approximate surface area is 105 Å². The smallest absolute Gasteiger partial charge is 0.346 e. The van der Waals surface area contributed by atoms with E-state index in [4.69, 9.17) is 10.4 Å². The van der Waals surface area contributed by atoms with Crippen molar-refractivity contribution in [3.8, 4) is 11.8 Å². The van der Waals surface area contributed by atoms with E-state index in [1.54, 1.807) is 18.2 Å². The van der Waals surface area contributed by atoms with Crippen LogP contribution >= 0.6 is 0 Å². The van der Waals surface area contributed by atoms with Crippen LogP contribution in [-0.2, 0) is 17.6 Å². The molecule has 0 amide bonds. The second kappa shape index (κ2) is 4.92. The van der Waals surface area contributed by atoms with Crippen molar-refractivity contribution in [2.45, 2.75) is 25.7 Å². The minimum atomic E-state index is -1.23. The van der Waals surface area contributed by atoms with Gasteiger partial charge in [-0.25, -0.2) is 4.79 Å². The quantitative estimate of drug-likeness (QED) is 0.616. The Kier molecular flexibility index (Phi) is 3.33. The fraction of sp³-hybridized carbons (Fsp3) is 0.286. The van der Waals surface area contributed by atoms with Crippen LogP contribution in [0.4, 0.5) is 0 Å². The molecule has 18 heavy (non-hydrogen) atoms. The van der Waals surface area contributed by atoms with Crippen molar-refractivity contribution >= 4 is 12.0 Å². The summed E-state index contributed by atoms with van der Waals surface area (Å²) >= 11 is 0. The number of nitrogens with zero attached hydrogens (tertiary/aromatic N) is 1. The van der Waals surface area contributed by atoms with E-state index in [9.17, 15) is 9.90 Å². The van der Waals surface area contributed by atoms with Crippen molar-refractivity contribution in [1.82, 2.24) is 0 Å². The Morgan fingerprint density at radius 1 is 1.28 bits per heavy atom. The van der Waals surface area contributed by atoms with Gasteiger partial charge < -0.3 is 10.2 Å². The van der Waals surface area contributed by atoms with Gasteiger partial charge in [0, 0.05) is 0 Å². The number of fused-ring (bicyclic) bond motifs is 1. The first kappa shape index (κ1) is 12.2. The van der Waals surface area contributed by atoms with Crippen molar-refractivity contribution in [2.24, 2.45) is 0 Å². The van der Waals surface area contributed by atoms with Crippen molar-refractivity contribution in [1.29, 1.82) is 5.26 Å². The maximum absolute atomic E-state index is 10.8. The summed E-state index contributed by atoms with van der Waals surface area (Å²) < 4.78 is 0. The number of aliphatic carboxylic acids is 1. The van der Waals surface area contributed by atoms with Crippen LogP contribution in [0.15, 0.2) is 17.7 Å². The normalized spacial score (nSPS) is 14.7. The molecule has 1 aliphatic carbocycles. The predicted octanol–water partition coefficient (Wildman–Crippen LogP) is 2.26. The zero-order valence-corrected chi connectivity index (χ0v) is 9.81. The summed E-state index contributed by atoms with van der Waals surface area (Å²) in [7, 11) is 0. The van der Waals surface area contributed by atoms with Crippen LogP contribution in [0.5, 0.6) is 5.75 Å². The molecule has 0 bridgehead atoms. The molecule has 0 aliphatic heterocycles. The summed E-state index contributed by atoms with van der Waals surface area (Å²) in [5, 5.41) is 27.4. The molecule has 0 atom stereocenters. The van der Waals surface area contributed by atoms with Gasteiger partial charge in [-0.2, -0.15) is 5.26 Å². The average Bonchev–Trinajstić information content (AvgIpc) is 2.38. The number of hydrogen-bond donors (Lipinski definition) is 2. The van der Waals surface area contributed by atoms with E-state index in [-0.39, 0.29) is 11.3 Å². The average molecular weight is 243 g/mol. The number of phenolic OH excluding ortho intramolecular Hbond substituents is 1. The third-order valence-electron chi connectivity index (χ3n) is 3.20. The van der Waals surface area contributed by atoms with E-state index in [2.05, 4.69) is 0 Å². The molecule has 0 saturated carbocycles. The largest absolute Gasteiger partial charge is 0.508 e. The number of carboxylic acids is 1. The van der Waals surface area contributed by atoms with Crippen LogP contribution in [0.1, 0.15) is 29.5 Å². The Hall–Kier alpha value is -2.28. The lowest BCUT2D eigenvalue weighted by Gasteiger charge is -2.19. The van der Waals surface area contributed by atoms with Gasteiger partial charge in [-0.1, -0.05) is 6.07 Å². The summed E-state index contributed by atoms with van der Waals surface area (Å²) in [6.07, 6.45) is 5.04. The lowest BCUT2D eigenvalue weighted by atomic mass is 9.87. The molecule has 4 nitrogen and oxygen atoms in total. The third kappa shape index (κ3) is 2.21. The van der Waals surface area contributed by atoms with Crippen molar-refractivity contribution < 1.29 is 15.0 Å². The monoisotopic (exact) mass is 243 g/mol. The fourth-order valence-corrected chi connectivity index (χ4v) is 2.31. The topological polar surface area (TPSA) is 81.3 Å². The standard InChI is InChI=1S/C14H13NO3/c15-8-10(14(17)18)7-9-5-6-13(16)12-4-2-1-3-11(9)12/h5-7,16H,1-4H2,(H,17,18)/b10-7-. The van der Waals surface area contributed by atoms with Gasteiger partial charge in [0.2, 0.25) is 0 Å². The third-order valence-corrected chi connectivity index (χ3v) is 3.20. The maximum atomic E-state index is 10.8. The molecule has 0 saturated heterocycles. The highest BCUT2D eigenvalue weighted by molar-refractivity contribution is 5.96. The molecule has 1 aromatic carbocycles. The summed E-state index contributed by atoms with van der Waals surface area (Å²) in [5.74, 6) is -0.967. The molecule has 2 rings (SSSR count). The lowest BCUT2D eigenvalue weighted by molar-refractivity contribution is -0.132. The molecule has 0 aromatic heterocycles. The van der Waals surface area contributed by atoms with E-state index in [1.807, 2.05) is 0 Å². The number of carbonyl (C=O) groups is 1. The molecular weight excluding hydrogens is 230 g/mol. The fourth-order valence-electron chi connectivity index (χ4n) is 2.31. The molecule has 0 spiro atoms. The lowest BCUT2D eigenvalue weighted by Crippen LogP contribution is -2.06. The van der Waals surface area contributed by atoms with E-state index < -0.39 is 5.97 Å². The van der Waals surface area contributed by atoms with E-state index >= 15 is 0 Å². The van der Waals surface area contributed by atoms with E-state index in [0.717, 1.165) is 42.4 Å². The van der Waals surface area contributed by atoms with Gasteiger partial charge >= 0.3 is 5.97 Å². The van der Waals surface area contributed by atoms with Gasteiger partial charge in [0.1, 0.15) is 17.4 Å². The molecule has 1 aliphatic rings. The molecule has 0 heterocycles. The number of phenols is 1. The molecular formula is C14H13NO3. The van der Waals surface area contributed by atoms with Crippen molar-refractivity contribution in [2.75, 3.05) is 0 Å². The van der Waals surface area contributed by atoms with Crippen LogP contribution in [0.2, 0.25) is 0 Å². The minimum absolute atomic E-state index is 0.260. The first-order valence-electron chi connectivity index (χ1n) is 5.82. The van der Waals surface area contributed by atoms with Gasteiger partial charge in [0.15, 0.2) is 0 Å². The summed E-state index contributed by atoms with van der Waals surface area (Å²) in [5.41, 5.74) is 2.29. The van der Waals surface area contributed by atoms with Crippen LogP contribution in [0.3, 0.4) is 0 Å². The number of rotatable bonds is 2. The summed E-state index contributed by atoms with van der Waals surface area (Å²) in [6, 6.07) is 4.90. The number of hydrogen-bond acceptors (Lipinski definition) is 3. The molecule has 1 aromatic rings. The molecule has 92 valence electrons. The Bertz CT molecular complexity index is 567. The first-order chi connectivity index (χ1) is 8.63. The number of benzene rings is 1. The van der Waals surface area contributed by atoms with E-state index in [1.165, 1.54) is 6.08 Å². The zero-order valence-electron chi connectivity index (χ0n) is 9.81. The van der Waals surface area contributed by atoms with Gasteiger partial charge in [0.05, 0.1) is 0 Å². The summed E-state index contributed by atoms with van der Waals surface area (Å²) in [4.78, 5) is 10.8. The predicted molar refractivity (Wildman–Crippen MR) is 66.0 cm³/mol.